The summed E-state index contributed by atoms with van der Waals surface area (Å²) in [7, 11) is 1.57. The number of aromatic hydroxyl groups is 1. The number of rotatable bonds is 2. The predicted molar refractivity (Wildman–Crippen MR) is 99.3 cm³/mol. The van der Waals surface area contributed by atoms with Crippen molar-refractivity contribution < 1.29 is 9.84 Å². The van der Waals surface area contributed by atoms with Crippen LogP contribution >= 0.6 is 31.9 Å². The second kappa shape index (κ2) is 6.32. The molecule has 6 heteroatoms. The Bertz CT molecular complexity index is 740. The van der Waals surface area contributed by atoms with Crippen molar-refractivity contribution >= 4 is 37.7 Å². The summed E-state index contributed by atoms with van der Waals surface area (Å²) >= 11 is 7.25. The highest BCUT2D eigenvalue weighted by atomic mass is 79.9. The van der Waals surface area contributed by atoms with E-state index in [0.29, 0.717) is 11.7 Å². The molecule has 2 unspecified atom stereocenters. The van der Waals surface area contributed by atoms with Gasteiger partial charge in [0.1, 0.15) is 5.84 Å². The van der Waals surface area contributed by atoms with E-state index >= 15 is 0 Å². The molecule has 2 atom stereocenters. The maximum absolute atomic E-state index is 9.87. The molecule has 0 radical (unpaired) electrons. The molecule has 0 aromatic heterocycles. The number of amidine groups is 1. The van der Waals surface area contributed by atoms with Crippen LogP contribution in [0.3, 0.4) is 0 Å². The van der Waals surface area contributed by atoms with Crippen molar-refractivity contribution in [2.24, 2.45) is 10.9 Å². The molecule has 0 aliphatic carbocycles. The fourth-order valence-electron chi connectivity index (χ4n) is 3.10. The summed E-state index contributed by atoms with van der Waals surface area (Å²) in [4.78, 5) is 6.97. The molecule has 3 rings (SSSR count). The fraction of sp³-hybridized carbons (Fsp3) is 0.353. The lowest BCUT2D eigenvalue weighted by Gasteiger charge is -2.43. The van der Waals surface area contributed by atoms with Crippen molar-refractivity contribution in [1.82, 2.24) is 4.90 Å². The van der Waals surface area contributed by atoms with E-state index in [4.69, 9.17) is 9.73 Å². The molecular weight excluding hydrogens is 424 g/mol. The summed E-state index contributed by atoms with van der Waals surface area (Å²) in [5.41, 5.74) is 2.22. The number of ether oxygens (including phenoxy) is 1. The first kappa shape index (κ1) is 16.6. The maximum Gasteiger partial charge on any atom is 0.160 e. The van der Waals surface area contributed by atoms with Gasteiger partial charge in [-0.3, -0.25) is 4.99 Å². The average Bonchev–Trinajstić information content (AvgIpc) is 2.53. The minimum Gasteiger partial charge on any atom is -0.504 e. The predicted octanol–water partition coefficient (Wildman–Crippen LogP) is 4.71. The van der Waals surface area contributed by atoms with Crippen LogP contribution in [-0.2, 0) is 0 Å². The number of aliphatic imine (C=N–C) groups is 1. The average molecular weight is 442 g/mol. The van der Waals surface area contributed by atoms with E-state index in [-0.39, 0.29) is 11.8 Å². The van der Waals surface area contributed by atoms with Crippen molar-refractivity contribution in [3.05, 3.63) is 44.5 Å². The molecule has 1 N–H and O–H groups in total. The molecule has 2 heterocycles. The highest BCUT2D eigenvalue weighted by Crippen LogP contribution is 2.43. The molecule has 23 heavy (non-hydrogen) atoms. The first-order chi connectivity index (χ1) is 10.9. The fourth-order valence-corrected chi connectivity index (χ4v) is 4.37. The van der Waals surface area contributed by atoms with E-state index in [1.165, 1.54) is 0 Å². The lowest BCUT2D eigenvalue weighted by molar-refractivity contribution is 0.267. The zero-order valence-electron chi connectivity index (χ0n) is 13.2. The van der Waals surface area contributed by atoms with E-state index in [1.807, 2.05) is 18.2 Å². The van der Waals surface area contributed by atoms with E-state index in [0.717, 1.165) is 32.6 Å². The van der Waals surface area contributed by atoms with Crippen LogP contribution in [-0.4, -0.2) is 29.5 Å². The SMILES string of the molecule is COc1cc(C2C(C)CN=C3C(Br)=CC(Br)=C(C)N32)ccc1O. The van der Waals surface area contributed by atoms with Gasteiger partial charge in [-0.05, 0) is 62.6 Å². The Morgan fingerprint density at radius 3 is 2.78 bits per heavy atom. The number of hydrogen-bond acceptors (Lipinski definition) is 4. The van der Waals surface area contributed by atoms with Gasteiger partial charge in [-0.1, -0.05) is 13.0 Å². The molecule has 1 aromatic carbocycles. The molecule has 2 aliphatic heterocycles. The standard InChI is InChI=1S/C17H18Br2N2O2/c1-9-8-20-17-13(19)7-12(18)10(2)21(17)16(9)11-4-5-14(22)15(6-11)23-3/h4-7,9,16,22H,8H2,1-3H3. The molecule has 0 bridgehead atoms. The molecule has 0 saturated heterocycles. The maximum atomic E-state index is 9.87. The molecule has 0 saturated carbocycles. The highest BCUT2D eigenvalue weighted by molar-refractivity contribution is 9.12. The van der Waals surface area contributed by atoms with Gasteiger partial charge in [-0.15, -0.1) is 0 Å². The van der Waals surface area contributed by atoms with Crippen LogP contribution in [0.4, 0.5) is 0 Å². The van der Waals surface area contributed by atoms with Gasteiger partial charge in [0.2, 0.25) is 0 Å². The van der Waals surface area contributed by atoms with E-state index in [9.17, 15) is 5.11 Å². The van der Waals surface area contributed by atoms with Gasteiger partial charge in [0, 0.05) is 22.6 Å². The van der Waals surface area contributed by atoms with Crippen LogP contribution < -0.4 is 4.74 Å². The Labute approximate surface area is 152 Å². The molecule has 0 fully saturated rings. The number of methoxy groups -OCH3 is 1. The normalized spacial score (nSPS) is 24.1. The van der Waals surface area contributed by atoms with Crippen LogP contribution in [0, 0.1) is 5.92 Å². The summed E-state index contributed by atoms with van der Waals surface area (Å²) in [5, 5.41) is 9.87. The number of phenolic OH excluding ortho intramolecular Hbond substituents is 1. The Kier molecular flexibility index (Phi) is 4.56. The Morgan fingerprint density at radius 2 is 2.09 bits per heavy atom. The molecule has 1 aromatic rings. The van der Waals surface area contributed by atoms with Crippen molar-refractivity contribution in [3.8, 4) is 11.5 Å². The zero-order chi connectivity index (χ0) is 16.7. The number of hydrogen-bond donors (Lipinski definition) is 1. The van der Waals surface area contributed by atoms with Gasteiger partial charge in [0.05, 0.1) is 17.6 Å². The second-order valence-electron chi connectivity index (χ2n) is 5.81. The van der Waals surface area contributed by atoms with Gasteiger partial charge < -0.3 is 14.7 Å². The minimum absolute atomic E-state index is 0.130. The van der Waals surface area contributed by atoms with Crippen LogP contribution in [0.2, 0.25) is 0 Å². The van der Waals surface area contributed by atoms with Crippen molar-refractivity contribution in [1.29, 1.82) is 0 Å². The summed E-state index contributed by atoms with van der Waals surface area (Å²) in [5.74, 6) is 1.93. The molecule has 2 aliphatic rings. The van der Waals surface area contributed by atoms with E-state index in [1.54, 1.807) is 13.2 Å². The first-order valence-electron chi connectivity index (χ1n) is 7.38. The highest BCUT2D eigenvalue weighted by Gasteiger charge is 2.36. The third kappa shape index (κ3) is 2.83. The van der Waals surface area contributed by atoms with Crippen molar-refractivity contribution in [3.63, 3.8) is 0 Å². The molecule has 0 spiro atoms. The first-order valence-corrected chi connectivity index (χ1v) is 8.97. The lowest BCUT2D eigenvalue weighted by atomic mass is 9.90. The number of fused-ring (bicyclic) bond motifs is 1. The second-order valence-corrected chi connectivity index (χ2v) is 7.52. The topological polar surface area (TPSA) is 45.1 Å². The van der Waals surface area contributed by atoms with E-state index in [2.05, 4.69) is 50.6 Å². The summed E-state index contributed by atoms with van der Waals surface area (Å²) in [6, 6.07) is 5.68. The van der Waals surface area contributed by atoms with E-state index < -0.39 is 0 Å². The Hall–Kier alpha value is -1.27. The summed E-state index contributed by atoms with van der Waals surface area (Å²) in [6.07, 6.45) is 2.04. The van der Waals surface area contributed by atoms with Crippen molar-refractivity contribution in [2.45, 2.75) is 19.9 Å². The van der Waals surface area contributed by atoms with Crippen molar-refractivity contribution in [2.75, 3.05) is 13.7 Å². The zero-order valence-corrected chi connectivity index (χ0v) is 16.3. The third-order valence-electron chi connectivity index (χ3n) is 4.29. The van der Waals surface area contributed by atoms with Crippen LogP contribution in [0.1, 0.15) is 25.5 Å². The van der Waals surface area contributed by atoms with Crippen LogP contribution in [0.5, 0.6) is 11.5 Å². The summed E-state index contributed by atoms with van der Waals surface area (Å²) in [6.45, 7) is 5.03. The number of allylic oxidation sites excluding steroid dienone is 3. The number of benzene rings is 1. The molecular formula is C17H18Br2N2O2. The molecule has 4 nitrogen and oxygen atoms in total. The third-order valence-corrected chi connectivity index (χ3v) is 5.68. The lowest BCUT2D eigenvalue weighted by Crippen LogP contribution is -2.43. The monoisotopic (exact) mass is 440 g/mol. The number of nitrogens with zero attached hydrogens (tertiary/aromatic N) is 2. The van der Waals surface area contributed by atoms with Crippen LogP contribution in [0.15, 0.2) is 43.9 Å². The van der Waals surface area contributed by atoms with Gasteiger partial charge >= 0.3 is 0 Å². The van der Waals surface area contributed by atoms with Gasteiger partial charge in [0.25, 0.3) is 0 Å². The molecule has 0 amide bonds. The number of phenols is 1. The van der Waals surface area contributed by atoms with Gasteiger partial charge in [-0.25, -0.2) is 0 Å². The minimum atomic E-state index is 0.130. The quantitative estimate of drug-likeness (QED) is 0.722. The van der Waals surface area contributed by atoms with Crippen LogP contribution in [0.25, 0.3) is 0 Å². The smallest absolute Gasteiger partial charge is 0.160 e. The van der Waals surface area contributed by atoms with Gasteiger partial charge in [0.15, 0.2) is 11.5 Å². The number of halogens is 2. The Morgan fingerprint density at radius 1 is 1.35 bits per heavy atom. The Balaban J connectivity index is 2.11. The van der Waals surface area contributed by atoms with Gasteiger partial charge in [-0.2, -0.15) is 0 Å². The largest absolute Gasteiger partial charge is 0.504 e. The molecule has 122 valence electrons. The summed E-state index contributed by atoms with van der Waals surface area (Å²) < 4.78 is 7.28.